The van der Waals surface area contributed by atoms with Crippen molar-refractivity contribution in [3.05, 3.63) is 33.1 Å². The summed E-state index contributed by atoms with van der Waals surface area (Å²) in [6.07, 6.45) is 10.4. The van der Waals surface area contributed by atoms with Crippen LogP contribution in [0.3, 0.4) is 0 Å². The number of carbonyl (C=O) groups excluding carboxylic acids is 1. The lowest BCUT2D eigenvalue weighted by Gasteiger charge is -2.04. The van der Waals surface area contributed by atoms with Gasteiger partial charge in [0, 0.05) is 18.6 Å². The van der Waals surface area contributed by atoms with Gasteiger partial charge < -0.3 is 4.57 Å². The molecule has 1 saturated carbocycles. The molecule has 0 atom stereocenters. The zero-order chi connectivity index (χ0) is 17.1. The quantitative estimate of drug-likeness (QED) is 0.486. The summed E-state index contributed by atoms with van der Waals surface area (Å²) in [7, 11) is 0. The fourth-order valence-electron chi connectivity index (χ4n) is 3.12. The van der Waals surface area contributed by atoms with Crippen LogP contribution in [0.15, 0.2) is 23.2 Å². The van der Waals surface area contributed by atoms with Crippen molar-refractivity contribution in [2.75, 3.05) is 0 Å². The van der Waals surface area contributed by atoms with Gasteiger partial charge in [-0.2, -0.15) is 4.99 Å². The minimum atomic E-state index is -0.438. The maximum Gasteiger partial charge on any atom is 0.270 e. The van der Waals surface area contributed by atoms with E-state index in [0.717, 1.165) is 18.4 Å². The predicted octanol–water partition coefficient (Wildman–Crippen LogP) is 3.25. The normalized spacial score (nSPS) is 15.7. The first kappa shape index (κ1) is 16.4. The van der Waals surface area contributed by atoms with Crippen molar-refractivity contribution in [1.29, 1.82) is 0 Å². The van der Waals surface area contributed by atoms with Crippen LogP contribution >= 0.6 is 11.3 Å². The number of thiazole rings is 1. The number of carbonyl (C=O) groups is 1. The van der Waals surface area contributed by atoms with E-state index in [0.29, 0.717) is 21.8 Å². The average molecular weight is 343 g/mol. The molecule has 2 aromatic rings. The van der Waals surface area contributed by atoms with Crippen LogP contribution in [0.2, 0.25) is 0 Å². The summed E-state index contributed by atoms with van der Waals surface area (Å²) in [4.78, 5) is 27.5. The van der Waals surface area contributed by atoms with E-state index in [1.54, 1.807) is 10.6 Å². The summed E-state index contributed by atoms with van der Waals surface area (Å²) in [6, 6.07) is 4.58. The molecule has 1 aromatic carbocycles. The number of aromatic nitrogens is 1. The number of benzene rings is 1. The molecule has 1 heterocycles. The van der Waals surface area contributed by atoms with Crippen LogP contribution in [0, 0.1) is 28.4 Å². The molecular weight excluding hydrogens is 326 g/mol. The third-order valence-electron chi connectivity index (χ3n) is 4.28. The Balaban J connectivity index is 2.00. The van der Waals surface area contributed by atoms with Crippen LogP contribution in [0.4, 0.5) is 5.69 Å². The van der Waals surface area contributed by atoms with Crippen molar-refractivity contribution in [3.8, 4) is 12.3 Å². The van der Waals surface area contributed by atoms with E-state index in [1.807, 2.05) is 0 Å². The Morgan fingerprint density at radius 1 is 1.46 bits per heavy atom. The molecule has 6 nitrogen and oxygen atoms in total. The van der Waals surface area contributed by atoms with Gasteiger partial charge in [0.2, 0.25) is 5.91 Å². The van der Waals surface area contributed by atoms with E-state index in [1.165, 1.54) is 36.3 Å². The molecule has 1 aliphatic rings. The largest absolute Gasteiger partial charge is 0.305 e. The van der Waals surface area contributed by atoms with Crippen molar-refractivity contribution >= 4 is 33.1 Å². The number of fused-ring (bicyclic) bond motifs is 1. The summed E-state index contributed by atoms with van der Waals surface area (Å²) in [5.41, 5.74) is 0.774. The van der Waals surface area contributed by atoms with Gasteiger partial charge in [-0.1, -0.05) is 30.1 Å². The average Bonchev–Trinajstić information content (AvgIpc) is 3.15. The molecule has 0 bridgehead atoms. The maximum atomic E-state index is 12.2. The fourth-order valence-corrected chi connectivity index (χ4v) is 4.20. The fraction of sp³-hybridized carbons (Fsp3) is 0.412. The first-order chi connectivity index (χ1) is 11.6. The van der Waals surface area contributed by atoms with Gasteiger partial charge in [-0.15, -0.1) is 6.42 Å². The Kier molecular flexibility index (Phi) is 4.76. The predicted molar refractivity (Wildman–Crippen MR) is 92.4 cm³/mol. The standard InChI is InChI=1S/C17H17N3O3S/c1-2-9-19-14-8-7-13(20(22)23)11-15(14)24-17(19)18-16(21)10-12-5-3-4-6-12/h1,7-8,11-12H,3-6,9-10H2. The Morgan fingerprint density at radius 2 is 2.21 bits per heavy atom. The van der Waals surface area contributed by atoms with Crippen molar-refractivity contribution in [2.45, 2.75) is 38.6 Å². The minimum absolute atomic E-state index is 0.0143. The van der Waals surface area contributed by atoms with Crippen LogP contribution in [-0.2, 0) is 11.3 Å². The van der Waals surface area contributed by atoms with E-state index >= 15 is 0 Å². The van der Waals surface area contributed by atoms with Crippen LogP contribution < -0.4 is 4.80 Å². The highest BCUT2D eigenvalue weighted by molar-refractivity contribution is 7.16. The molecule has 0 unspecified atom stereocenters. The van der Waals surface area contributed by atoms with E-state index in [9.17, 15) is 14.9 Å². The lowest BCUT2D eigenvalue weighted by atomic mass is 10.0. The van der Waals surface area contributed by atoms with Gasteiger partial charge in [-0.3, -0.25) is 14.9 Å². The molecule has 1 aromatic heterocycles. The molecule has 0 saturated heterocycles. The molecule has 1 aliphatic carbocycles. The van der Waals surface area contributed by atoms with Gasteiger partial charge in [0.25, 0.3) is 5.69 Å². The SMILES string of the molecule is C#CCn1c(=NC(=O)CC2CCCC2)sc2cc([N+](=O)[O-])ccc21. The zero-order valence-electron chi connectivity index (χ0n) is 13.1. The highest BCUT2D eigenvalue weighted by Gasteiger charge is 2.18. The molecule has 1 fully saturated rings. The van der Waals surface area contributed by atoms with E-state index < -0.39 is 4.92 Å². The van der Waals surface area contributed by atoms with Gasteiger partial charge in [0.1, 0.15) is 0 Å². The second kappa shape index (κ2) is 6.97. The topological polar surface area (TPSA) is 77.5 Å². The highest BCUT2D eigenvalue weighted by atomic mass is 32.1. The monoisotopic (exact) mass is 343 g/mol. The van der Waals surface area contributed by atoms with Gasteiger partial charge in [0.15, 0.2) is 4.80 Å². The maximum absolute atomic E-state index is 12.2. The molecule has 3 rings (SSSR count). The summed E-state index contributed by atoms with van der Waals surface area (Å²) < 4.78 is 2.46. The number of nitrogens with zero attached hydrogens (tertiary/aromatic N) is 3. The summed E-state index contributed by atoms with van der Waals surface area (Å²) >= 11 is 1.26. The molecule has 0 aliphatic heterocycles. The second-order valence-electron chi connectivity index (χ2n) is 5.94. The number of terminal acetylenes is 1. The Labute approximate surface area is 143 Å². The smallest absolute Gasteiger partial charge is 0.270 e. The number of non-ortho nitro benzene ring substituents is 1. The molecule has 0 N–H and O–H groups in total. The van der Waals surface area contributed by atoms with Gasteiger partial charge in [0.05, 0.1) is 21.7 Å². The number of hydrogen-bond acceptors (Lipinski definition) is 4. The van der Waals surface area contributed by atoms with Crippen LogP contribution in [0.25, 0.3) is 10.2 Å². The molecule has 24 heavy (non-hydrogen) atoms. The molecule has 1 amide bonds. The number of rotatable bonds is 4. The minimum Gasteiger partial charge on any atom is -0.305 e. The third kappa shape index (κ3) is 3.39. The zero-order valence-corrected chi connectivity index (χ0v) is 13.9. The van der Waals surface area contributed by atoms with E-state index in [4.69, 9.17) is 6.42 Å². The first-order valence-electron chi connectivity index (χ1n) is 7.87. The number of nitro benzene ring substituents is 1. The molecule has 7 heteroatoms. The Hall–Kier alpha value is -2.46. The van der Waals surface area contributed by atoms with Gasteiger partial charge >= 0.3 is 0 Å². The summed E-state index contributed by atoms with van der Waals surface area (Å²) in [6.45, 7) is 0.271. The van der Waals surface area contributed by atoms with Crippen molar-refractivity contribution in [1.82, 2.24) is 4.57 Å². The van der Waals surface area contributed by atoms with Crippen molar-refractivity contribution in [2.24, 2.45) is 10.9 Å². The first-order valence-corrected chi connectivity index (χ1v) is 8.69. The summed E-state index contributed by atoms with van der Waals surface area (Å²) in [5.74, 6) is 2.83. The van der Waals surface area contributed by atoms with Crippen molar-refractivity contribution < 1.29 is 9.72 Å². The van der Waals surface area contributed by atoms with Crippen LogP contribution in [0.5, 0.6) is 0 Å². The third-order valence-corrected chi connectivity index (χ3v) is 5.33. The summed E-state index contributed by atoms with van der Waals surface area (Å²) in [5, 5.41) is 10.9. The number of nitro groups is 1. The number of amides is 1. The Morgan fingerprint density at radius 3 is 2.88 bits per heavy atom. The molecule has 124 valence electrons. The molecule has 0 radical (unpaired) electrons. The molecule has 0 spiro atoms. The second-order valence-corrected chi connectivity index (χ2v) is 6.95. The van der Waals surface area contributed by atoms with Crippen LogP contribution in [0.1, 0.15) is 32.1 Å². The van der Waals surface area contributed by atoms with Crippen LogP contribution in [-0.4, -0.2) is 15.4 Å². The van der Waals surface area contributed by atoms with Crippen molar-refractivity contribution in [3.63, 3.8) is 0 Å². The lowest BCUT2D eigenvalue weighted by molar-refractivity contribution is -0.384. The van der Waals surface area contributed by atoms with E-state index in [2.05, 4.69) is 10.9 Å². The van der Waals surface area contributed by atoms with Gasteiger partial charge in [-0.05, 0) is 24.8 Å². The van der Waals surface area contributed by atoms with E-state index in [-0.39, 0.29) is 18.1 Å². The van der Waals surface area contributed by atoms with Gasteiger partial charge in [-0.25, -0.2) is 0 Å². The lowest BCUT2D eigenvalue weighted by Crippen LogP contribution is -2.17. The Bertz CT molecular complexity index is 898. The molecular formula is C17H17N3O3S. The highest BCUT2D eigenvalue weighted by Crippen LogP contribution is 2.28. The number of hydrogen-bond donors (Lipinski definition) is 0.